The van der Waals surface area contributed by atoms with E-state index in [-0.39, 0.29) is 18.7 Å². The molecule has 1 amide bonds. The molecule has 1 fully saturated rings. The average molecular weight is 396 g/mol. The van der Waals surface area contributed by atoms with Crippen LogP contribution in [0.15, 0.2) is 42.5 Å². The van der Waals surface area contributed by atoms with Crippen LogP contribution in [-0.2, 0) is 11.3 Å². The quantitative estimate of drug-likeness (QED) is 0.808. The molecule has 0 aromatic heterocycles. The van der Waals surface area contributed by atoms with Crippen molar-refractivity contribution in [1.29, 1.82) is 0 Å². The lowest BCUT2D eigenvalue weighted by molar-refractivity contribution is -0.123. The van der Waals surface area contributed by atoms with Gasteiger partial charge in [-0.2, -0.15) is 0 Å². The predicted octanol–water partition coefficient (Wildman–Crippen LogP) is 3.66. The van der Waals surface area contributed by atoms with Crippen LogP contribution in [0.1, 0.15) is 42.9 Å². The molecule has 0 saturated carbocycles. The van der Waals surface area contributed by atoms with Crippen LogP contribution in [0.5, 0.6) is 17.2 Å². The topological polar surface area (TPSA) is 60.0 Å². The number of rotatable bonds is 6. The largest absolute Gasteiger partial charge is 0.497 e. The van der Waals surface area contributed by atoms with Crippen LogP contribution >= 0.6 is 0 Å². The number of nitrogens with one attached hydrogen (secondary N) is 1. The summed E-state index contributed by atoms with van der Waals surface area (Å²) in [6.45, 7) is 2.08. The number of methoxy groups -OCH3 is 1. The van der Waals surface area contributed by atoms with Crippen molar-refractivity contribution in [3.8, 4) is 17.2 Å². The summed E-state index contributed by atoms with van der Waals surface area (Å²) >= 11 is 0. The van der Waals surface area contributed by atoms with Crippen LogP contribution < -0.4 is 19.5 Å². The van der Waals surface area contributed by atoms with Crippen molar-refractivity contribution in [1.82, 2.24) is 10.2 Å². The van der Waals surface area contributed by atoms with Gasteiger partial charge in [-0.1, -0.05) is 31.0 Å². The zero-order valence-electron chi connectivity index (χ0n) is 16.9. The van der Waals surface area contributed by atoms with E-state index in [1.54, 1.807) is 7.11 Å². The third kappa shape index (κ3) is 4.82. The number of hydrogen-bond acceptors (Lipinski definition) is 5. The first kappa shape index (κ1) is 19.6. The van der Waals surface area contributed by atoms with Gasteiger partial charge in [-0.3, -0.25) is 9.69 Å². The normalized spacial score (nSPS) is 18.9. The van der Waals surface area contributed by atoms with Gasteiger partial charge in [-0.15, -0.1) is 0 Å². The van der Waals surface area contributed by atoms with Crippen molar-refractivity contribution in [3.05, 3.63) is 53.6 Å². The molecule has 6 heteroatoms. The average Bonchev–Trinajstić information content (AvgIpc) is 3.10. The van der Waals surface area contributed by atoms with Crippen LogP contribution in [0, 0.1) is 0 Å². The SMILES string of the molecule is COc1ccc([C@H]2CCCCCN2CC(=O)NCc2ccc3c(c2)OCO3)cc1. The Bertz CT molecular complexity index is 837. The maximum Gasteiger partial charge on any atom is 0.234 e. The Morgan fingerprint density at radius 3 is 2.76 bits per heavy atom. The summed E-state index contributed by atoms with van der Waals surface area (Å²) in [7, 11) is 1.68. The van der Waals surface area contributed by atoms with Crippen LogP contribution in [0.4, 0.5) is 0 Å². The molecule has 2 aromatic carbocycles. The summed E-state index contributed by atoms with van der Waals surface area (Å²) in [4.78, 5) is 15.0. The monoisotopic (exact) mass is 396 g/mol. The fourth-order valence-electron chi connectivity index (χ4n) is 4.05. The lowest BCUT2D eigenvalue weighted by atomic mass is 10.0. The zero-order chi connectivity index (χ0) is 20.1. The zero-order valence-corrected chi connectivity index (χ0v) is 16.9. The first-order valence-electron chi connectivity index (χ1n) is 10.3. The number of fused-ring (bicyclic) bond motifs is 1. The van der Waals surface area contributed by atoms with E-state index in [4.69, 9.17) is 14.2 Å². The van der Waals surface area contributed by atoms with Crippen molar-refractivity contribution in [2.45, 2.75) is 38.3 Å². The lowest BCUT2D eigenvalue weighted by Gasteiger charge is -2.29. The first-order chi connectivity index (χ1) is 14.2. The van der Waals surface area contributed by atoms with Crippen LogP contribution in [0.25, 0.3) is 0 Å². The van der Waals surface area contributed by atoms with Gasteiger partial charge in [0.2, 0.25) is 12.7 Å². The highest BCUT2D eigenvalue weighted by atomic mass is 16.7. The van der Waals surface area contributed by atoms with Gasteiger partial charge >= 0.3 is 0 Å². The standard InChI is InChI=1S/C23H28N2O4/c1-27-19-9-7-18(8-10-19)20-5-3-2-4-12-25(20)15-23(26)24-14-17-6-11-21-22(13-17)29-16-28-21/h6-11,13,20H,2-5,12,14-16H2,1H3,(H,24,26)/t20-/m1/s1. The van der Waals surface area contributed by atoms with Gasteiger partial charge in [-0.05, 0) is 54.8 Å². The Labute approximate surface area is 171 Å². The molecule has 0 aliphatic carbocycles. The fraction of sp³-hybridized carbons (Fsp3) is 0.435. The highest BCUT2D eigenvalue weighted by molar-refractivity contribution is 5.78. The summed E-state index contributed by atoms with van der Waals surface area (Å²) in [5.41, 5.74) is 2.25. The predicted molar refractivity (Wildman–Crippen MR) is 110 cm³/mol. The molecule has 2 aliphatic heterocycles. The Kier molecular flexibility index (Phi) is 6.20. The minimum Gasteiger partial charge on any atom is -0.497 e. The molecule has 2 aliphatic rings. The third-order valence-electron chi connectivity index (χ3n) is 5.64. The van der Waals surface area contributed by atoms with E-state index >= 15 is 0 Å². The van der Waals surface area contributed by atoms with Crippen LogP contribution in [0.3, 0.4) is 0 Å². The first-order valence-corrected chi connectivity index (χ1v) is 10.3. The molecular formula is C23H28N2O4. The third-order valence-corrected chi connectivity index (χ3v) is 5.64. The second-order valence-electron chi connectivity index (χ2n) is 7.57. The van der Waals surface area contributed by atoms with Crippen molar-refractivity contribution >= 4 is 5.91 Å². The van der Waals surface area contributed by atoms with Crippen molar-refractivity contribution in [2.75, 3.05) is 27.0 Å². The van der Waals surface area contributed by atoms with E-state index in [1.807, 2.05) is 30.3 Å². The van der Waals surface area contributed by atoms with E-state index < -0.39 is 0 Å². The molecule has 0 unspecified atom stereocenters. The highest BCUT2D eigenvalue weighted by Crippen LogP contribution is 2.33. The number of carbonyl (C=O) groups excluding carboxylic acids is 1. The summed E-state index contributed by atoms with van der Waals surface area (Å²) in [5, 5.41) is 3.05. The smallest absolute Gasteiger partial charge is 0.234 e. The molecule has 29 heavy (non-hydrogen) atoms. The van der Waals surface area contributed by atoms with Gasteiger partial charge in [0, 0.05) is 12.6 Å². The number of hydrogen-bond donors (Lipinski definition) is 1. The highest BCUT2D eigenvalue weighted by Gasteiger charge is 2.24. The van der Waals surface area contributed by atoms with Crippen molar-refractivity contribution in [3.63, 3.8) is 0 Å². The number of benzene rings is 2. The van der Waals surface area contributed by atoms with E-state index in [9.17, 15) is 4.79 Å². The molecule has 1 N–H and O–H groups in total. The van der Waals surface area contributed by atoms with E-state index in [1.165, 1.54) is 18.4 Å². The Hall–Kier alpha value is -2.73. The summed E-state index contributed by atoms with van der Waals surface area (Å²) in [5.74, 6) is 2.40. The molecule has 0 radical (unpaired) electrons. The molecule has 2 heterocycles. The van der Waals surface area contributed by atoms with Crippen molar-refractivity contribution < 1.29 is 19.0 Å². The molecule has 6 nitrogen and oxygen atoms in total. The van der Waals surface area contributed by atoms with Gasteiger partial charge in [0.15, 0.2) is 11.5 Å². The van der Waals surface area contributed by atoms with E-state index in [2.05, 4.69) is 22.3 Å². The number of ether oxygens (including phenoxy) is 3. The second kappa shape index (κ2) is 9.18. The molecule has 1 atom stereocenters. The molecule has 154 valence electrons. The number of amides is 1. The van der Waals surface area contributed by atoms with Crippen LogP contribution in [0.2, 0.25) is 0 Å². The number of likely N-dealkylation sites (tertiary alicyclic amines) is 1. The molecule has 0 spiro atoms. The molecular weight excluding hydrogens is 368 g/mol. The van der Waals surface area contributed by atoms with Crippen molar-refractivity contribution in [2.24, 2.45) is 0 Å². The molecule has 1 saturated heterocycles. The molecule has 2 aromatic rings. The number of carbonyl (C=O) groups is 1. The Balaban J connectivity index is 1.37. The maximum absolute atomic E-state index is 12.7. The second-order valence-corrected chi connectivity index (χ2v) is 7.57. The van der Waals surface area contributed by atoms with Crippen LogP contribution in [-0.4, -0.2) is 37.8 Å². The molecule has 4 rings (SSSR count). The molecule has 0 bridgehead atoms. The minimum absolute atomic E-state index is 0.0445. The summed E-state index contributed by atoms with van der Waals surface area (Å²) in [6, 6.07) is 14.3. The van der Waals surface area contributed by atoms with Gasteiger partial charge < -0.3 is 19.5 Å². The minimum atomic E-state index is 0.0445. The lowest BCUT2D eigenvalue weighted by Crippen LogP contribution is -2.39. The maximum atomic E-state index is 12.7. The van der Waals surface area contributed by atoms with Gasteiger partial charge in [0.25, 0.3) is 0 Å². The van der Waals surface area contributed by atoms with Gasteiger partial charge in [-0.25, -0.2) is 0 Å². The summed E-state index contributed by atoms with van der Waals surface area (Å²) < 4.78 is 16.0. The van der Waals surface area contributed by atoms with Gasteiger partial charge in [0.05, 0.1) is 13.7 Å². The Morgan fingerprint density at radius 1 is 1.10 bits per heavy atom. The van der Waals surface area contributed by atoms with E-state index in [0.29, 0.717) is 13.1 Å². The Morgan fingerprint density at radius 2 is 1.93 bits per heavy atom. The van der Waals surface area contributed by atoms with E-state index in [0.717, 1.165) is 42.2 Å². The van der Waals surface area contributed by atoms with Gasteiger partial charge in [0.1, 0.15) is 5.75 Å². The summed E-state index contributed by atoms with van der Waals surface area (Å²) in [6.07, 6.45) is 4.60. The fourth-order valence-corrected chi connectivity index (χ4v) is 4.05. The number of nitrogens with zero attached hydrogens (tertiary/aromatic N) is 1.